The lowest BCUT2D eigenvalue weighted by molar-refractivity contribution is -0.111. The molecule has 1 atom stereocenters. The number of allylic oxidation sites excluding steroid dienone is 1. The van der Waals surface area contributed by atoms with E-state index in [2.05, 4.69) is 41.7 Å². The van der Waals surface area contributed by atoms with Crippen LogP contribution in [0.15, 0.2) is 42.5 Å². The fraction of sp³-hybridized carbons (Fsp3) is 0.438. The van der Waals surface area contributed by atoms with Crippen LogP contribution in [0.4, 0.5) is 0 Å². The Balaban J connectivity index is 1.86. The highest BCUT2D eigenvalue weighted by atomic mass is 32.2. The molecule has 1 heterocycles. The van der Waals surface area contributed by atoms with E-state index in [0.29, 0.717) is 5.12 Å². The lowest BCUT2D eigenvalue weighted by atomic mass is 10.1. The van der Waals surface area contributed by atoms with Crippen molar-refractivity contribution in [3.63, 3.8) is 0 Å². The van der Waals surface area contributed by atoms with Crippen LogP contribution < -0.4 is 5.32 Å². The Labute approximate surface area is 119 Å². The Bertz CT molecular complexity index is 416. The SMILES string of the molecule is O=C1CCCC/C=C\[C@@H](NCc2ccccc2)CS1. The molecule has 1 N–H and O–H groups in total. The minimum atomic E-state index is 0.284. The summed E-state index contributed by atoms with van der Waals surface area (Å²) in [5, 5.41) is 3.85. The Morgan fingerprint density at radius 2 is 2.05 bits per heavy atom. The van der Waals surface area contributed by atoms with E-state index < -0.39 is 0 Å². The molecule has 0 spiro atoms. The Hall–Kier alpha value is -1.06. The van der Waals surface area contributed by atoms with Crippen LogP contribution in [-0.2, 0) is 11.3 Å². The van der Waals surface area contributed by atoms with Gasteiger partial charge in [0, 0.05) is 24.8 Å². The maximum Gasteiger partial charge on any atom is 0.189 e. The van der Waals surface area contributed by atoms with Crippen molar-refractivity contribution in [2.24, 2.45) is 0 Å². The number of carbonyl (C=O) groups excluding carboxylic acids is 1. The summed E-state index contributed by atoms with van der Waals surface area (Å²) in [6, 6.07) is 10.7. The molecule has 0 bridgehead atoms. The van der Waals surface area contributed by atoms with Gasteiger partial charge in [0.25, 0.3) is 0 Å². The second kappa shape index (κ2) is 8.18. The lowest BCUT2D eigenvalue weighted by Gasteiger charge is -2.15. The van der Waals surface area contributed by atoms with E-state index in [9.17, 15) is 4.79 Å². The summed E-state index contributed by atoms with van der Waals surface area (Å²) in [5.74, 6) is 0.835. The van der Waals surface area contributed by atoms with Crippen LogP contribution in [0.25, 0.3) is 0 Å². The summed E-state index contributed by atoms with van der Waals surface area (Å²) in [5.41, 5.74) is 1.28. The summed E-state index contributed by atoms with van der Waals surface area (Å²) in [6.07, 6.45) is 8.42. The molecule has 0 radical (unpaired) electrons. The van der Waals surface area contributed by atoms with Crippen LogP contribution in [0, 0.1) is 0 Å². The summed E-state index contributed by atoms with van der Waals surface area (Å²) in [4.78, 5) is 11.6. The molecule has 0 amide bonds. The van der Waals surface area contributed by atoms with Gasteiger partial charge < -0.3 is 5.32 Å². The Morgan fingerprint density at radius 1 is 1.21 bits per heavy atom. The summed E-state index contributed by atoms with van der Waals surface area (Å²) >= 11 is 1.47. The number of thioether (sulfide) groups is 1. The molecule has 1 aromatic carbocycles. The maximum atomic E-state index is 11.6. The van der Waals surface area contributed by atoms with Crippen LogP contribution in [0.5, 0.6) is 0 Å². The number of benzene rings is 1. The van der Waals surface area contributed by atoms with E-state index in [1.807, 2.05) is 6.07 Å². The second-order valence-electron chi connectivity index (χ2n) is 4.83. The van der Waals surface area contributed by atoms with E-state index in [1.54, 1.807) is 0 Å². The van der Waals surface area contributed by atoms with Gasteiger partial charge in [0.1, 0.15) is 0 Å². The first-order valence-electron chi connectivity index (χ1n) is 6.94. The molecule has 1 aromatic rings. The third kappa shape index (κ3) is 5.62. The molecule has 0 aromatic heterocycles. The molecule has 3 heteroatoms. The van der Waals surface area contributed by atoms with Gasteiger partial charge in [-0.3, -0.25) is 4.79 Å². The van der Waals surface area contributed by atoms with Gasteiger partial charge in [-0.2, -0.15) is 0 Å². The maximum absolute atomic E-state index is 11.6. The zero-order valence-corrected chi connectivity index (χ0v) is 12.0. The van der Waals surface area contributed by atoms with Crippen LogP contribution in [-0.4, -0.2) is 16.9 Å². The highest BCUT2D eigenvalue weighted by molar-refractivity contribution is 8.13. The van der Waals surface area contributed by atoms with E-state index in [4.69, 9.17) is 0 Å². The van der Waals surface area contributed by atoms with Crippen molar-refractivity contribution in [1.29, 1.82) is 0 Å². The Morgan fingerprint density at radius 3 is 2.89 bits per heavy atom. The normalized spacial score (nSPS) is 22.9. The molecule has 0 saturated carbocycles. The van der Waals surface area contributed by atoms with Crippen LogP contribution in [0.2, 0.25) is 0 Å². The van der Waals surface area contributed by atoms with Crippen molar-refractivity contribution in [1.82, 2.24) is 5.32 Å². The van der Waals surface area contributed by atoms with E-state index in [1.165, 1.54) is 17.3 Å². The minimum absolute atomic E-state index is 0.284. The number of rotatable bonds is 3. The Kier molecular flexibility index (Phi) is 6.18. The standard InChI is InChI=1S/C16H21NOS/c18-16-11-7-2-1-6-10-15(13-19-16)17-12-14-8-4-3-5-9-14/h3-6,8-10,15,17H,1-2,7,11-13H2/b10-6-/t15-/m1/s1. The van der Waals surface area contributed by atoms with Crippen LogP contribution in [0.1, 0.15) is 31.2 Å². The highest BCUT2D eigenvalue weighted by Crippen LogP contribution is 2.14. The fourth-order valence-electron chi connectivity index (χ4n) is 2.07. The molecule has 0 fully saturated rings. The summed E-state index contributed by atoms with van der Waals surface area (Å²) < 4.78 is 0. The van der Waals surface area contributed by atoms with Crippen molar-refractivity contribution in [3.8, 4) is 0 Å². The van der Waals surface area contributed by atoms with Gasteiger partial charge in [0.05, 0.1) is 0 Å². The molecule has 19 heavy (non-hydrogen) atoms. The first-order chi connectivity index (χ1) is 9.34. The summed E-state index contributed by atoms with van der Waals surface area (Å²) in [6.45, 7) is 0.852. The molecule has 2 rings (SSSR count). The molecule has 2 nitrogen and oxygen atoms in total. The zero-order valence-electron chi connectivity index (χ0n) is 11.2. The van der Waals surface area contributed by atoms with Gasteiger partial charge in [-0.25, -0.2) is 0 Å². The van der Waals surface area contributed by atoms with Crippen molar-refractivity contribution in [2.75, 3.05) is 5.75 Å². The summed E-state index contributed by atoms with van der Waals surface area (Å²) in [7, 11) is 0. The molecule has 1 aliphatic heterocycles. The van der Waals surface area contributed by atoms with Crippen LogP contribution in [0.3, 0.4) is 0 Å². The van der Waals surface area contributed by atoms with Gasteiger partial charge in [-0.1, -0.05) is 54.2 Å². The molecular formula is C16H21NOS. The largest absolute Gasteiger partial charge is 0.306 e. The molecule has 0 unspecified atom stereocenters. The van der Waals surface area contributed by atoms with Crippen LogP contribution >= 0.6 is 11.8 Å². The van der Waals surface area contributed by atoms with E-state index >= 15 is 0 Å². The van der Waals surface area contributed by atoms with Gasteiger partial charge in [-0.05, 0) is 24.8 Å². The van der Waals surface area contributed by atoms with E-state index in [0.717, 1.165) is 38.0 Å². The monoisotopic (exact) mass is 275 g/mol. The smallest absolute Gasteiger partial charge is 0.189 e. The third-order valence-electron chi connectivity index (χ3n) is 3.21. The number of nitrogens with one attached hydrogen (secondary N) is 1. The third-order valence-corrected chi connectivity index (χ3v) is 4.26. The van der Waals surface area contributed by atoms with Crippen molar-refractivity contribution in [2.45, 2.75) is 38.3 Å². The zero-order chi connectivity index (χ0) is 13.3. The first kappa shape index (κ1) is 14.4. The molecule has 1 aliphatic rings. The van der Waals surface area contributed by atoms with Gasteiger partial charge in [0.15, 0.2) is 5.12 Å². The predicted octanol–water partition coefficient (Wildman–Crippen LogP) is 3.53. The minimum Gasteiger partial charge on any atom is -0.306 e. The van der Waals surface area contributed by atoms with Crippen molar-refractivity contribution < 1.29 is 4.79 Å². The highest BCUT2D eigenvalue weighted by Gasteiger charge is 2.10. The van der Waals surface area contributed by atoms with Gasteiger partial charge >= 0.3 is 0 Å². The first-order valence-corrected chi connectivity index (χ1v) is 7.93. The molecular weight excluding hydrogens is 254 g/mol. The molecule has 0 aliphatic carbocycles. The average Bonchev–Trinajstić information content (AvgIpc) is 2.46. The van der Waals surface area contributed by atoms with Gasteiger partial charge in [-0.15, -0.1) is 0 Å². The predicted molar refractivity (Wildman–Crippen MR) is 82.1 cm³/mol. The van der Waals surface area contributed by atoms with Gasteiger partial charge in [0.2, 0.25) is 0 Å². The lowest BCUT2D eigenvalue weighted by Crippen LogP contribution is -2.29. The molecule has 0 saturated heterocycles. The fourth-order valence-corrected chi connectivity index (χ4v) is 2.96. The second-order valence-corrected chi connectivity index (χ2v) is 5.91. The number of hydrogen-bond donors (Lipinski definition) is 1. The topological polar surface area (TPSA) is 29.1 Å². The van der Waals surface area contributed by atoms with Crippen molar-refractivity contribution >= 4 is 16.9 Å². The average molecular weight is 275 g/mol. The molecule has 102 valence electrons. The number of hydrogen-bond acceptors (Lipinski definition) is 3. The van der Waals surface area contributed by atoms with E-state index in [-0.39, 0.29) is 6.04 Å². The quantitative estimate of drug-likeness (QED) is 0.856. The number of carbonyl (C=O) groups is 1. The van der Waals surface area contributed by atoms with Crippen molar-refractivity contribution in [3.05, 3.63) is 48.0 Å².